The number of hydrogen-bond donors (Lipinski definition) is 3. The quantitative estimate of drug-likeness (QED) is 0.649. The molecule has 2 saturated heterocycles. The van der Waals surface area contributed by atoms with E-state index in [0.29, 0.717) is 25.6 Å². The van der Waals surface area contributed by atoms with Crippen LogP contribution in [0.2, 0.25) is 0 Å². The minimum absolute atomic E-state index is 0.0930. The van der Waals surface area contributed by atoms with Crippen LogP contribution < -0.4 is 16.0 Å². The first-order valence-corrected chi connectivity index (χ1v) is 9.33. The minimum atomic E-state index is -0.553. The van der Waals surface area contributed by atoms with E-state index in [0.717, 1.165) is 41.6 Å². The highest BCUT2D eigenvalue weighted by Gasteiger charge is 2.52. The zero-order valence-corrected chi connectivity index (χ0v) is 14.5. The molecule has 7 nitrogen and oxygen atoms in total. The predicted octanol–water partition coefficient (Wildman–Crippen LogP) is -0.245. The molecule has 5 rings (SSSR count). The van der Waals surface area contributed by atoms with Crippen LogP contribution in [0.5, 0.6) is 0 Å². The first-order valence-electron chi connectivity index (χ1n) is 9.33. The van der Waals surface area contributed by atoms with Crippen molar-refractivity contribution in [2.24, 2.45) is 11.8 Å². The van der Waals surface area contributed by atoms with E-state index >= 15 is 0 Å². The molecule has 0 aromatic heterocycles. The van der Waals surface area contributed by atoms with Gasteiger partial charge in [-0.15, -0.1) is 0 Å². The SMILES string of the molecule is O=C1CCC(N2Cc3cccc(CNC4C5CNCC54)c3C2=O)C(=O)N1. The summed E-state index contributed by atoms with van der Waals surface area (Å²) in [7, 11) is 0. The second-order valence-electron chi connectivity index (χ2n) is 7.74. The van der Waals surface area contributed by atoms with Crippen molar-refractivity contribution in [2.45, 2.75) is 38.0 Å². The third-order valence-corrected chi connectivity index (χ3v) is 6.26. The van der Waals surface area contributed by atoms with Gasteiger partial charge in [-0.05, 0) is 42.5 Å². The molecule has 136 valence electrons. The monoisotopic (exact) mass is 354 g/mol. The molecule has 3 N–H and O–H groups in total. The Bertz CT molecular complexity index is 798. The van der Waals surface area contributed by atoms with Gasteiger partial charge in [-0.1, -0.05) is 18.2 Å². The Hall–Kier alpha value is -2.25. The summed E-state index contributed by atoms with van der Waals surface area (Å²) in [5.74, 6) is 0.736. The average Bonchev–Trinajstić information content (AvgIpc) is 2.94. The number of nitrogens with one attached hydrogen (secondary N) is 3. The molecule has 1 aliphatic carbocycles. The summed E-state index contributed by atoms with van der Waals surface area (Å²) in [4.78, 5) is 38.2. The van der Waals surface area contributed by atoms with Crippen LogP contribution in [0.3, 0.4) is 0 Å². The van der Waals surface area contributed by atoms with Gasteiger partial charge in [0, 0.05) is 31.1 Å². The molecule has 3 atom stereocenters. The van der Waals surface area contributed by atoms with Gasteiger partial charge in [0.25, 0.3) is 5.91 Å². The predicted molar refractivity (Wildman–Crippen MR) is 93.0 cm³/mol. The number of carbonyl (C=O) groups is 3. The molecule has 3 aliphatic heterocycles. The lowest BCUT2D eigenvalue weighted by atomic mass is 10.0. The number of carbonyl (C=O) groups excluding carboxylic acids is 3. The second-order valence-corrected chi connectivity index (χ2v) is 7.74. The Labute approximate surface area is 151 Å². The maximum Gasteiger partial charge on any atom is 0.255 e. The fourth-order valence-corrected chi connectivity index (χ4v) is 4.79. The van der Waals surface area contributed by atoms with Gasteiger partial charge < -0.3 is 15.5 Å². The number of imide groups is 1. The van der Waals surface area contributed by atoms with Gasteiger partial charge >= 0.3 is 0 Å². The van der Waals surface area contributed by atoms with E-state index in [1.54, 1.807) is 4.90 Å². The molecule has 3 unspecified atom stereocenters. The third-order valence-electron chi connectivity index (χ3n) is 6.26. The lowest BCUT2D eigenvalue weighted by Gasteiger charge is -2.29. The zero-order chi connectivity index (χ0) is 17.8. The molecule has 26 heavy (non-hydrogen) atoms. The molecular formula is C19H22N4O3. The number of fused-ring (bicyclic) bond motifs is 2. The number of nitrogens with zero attached hydrogens (tertiary/aromatic N) is 1. The van der Waals surface area contributed by atoms with E-state index in [1.165, 1.54) is 0 Å². The summed E-state index contributed by atoms with van der Waals surface area (Å²) in [6.07, 6.45) is 0.680. The van der Waals surface area contributed by atoms with E-state index < -0.39 is 6.04 Å². The molecule has 1 saturated carbocycles. The molecule has 4 aliphatic rings. The molecule has 0 radical (unpaired) electrons. The third kappa shape index (κ3) is 2.46. The van der Waals surface area contributed by atoms with Crippen molar-refractivity contribution in [2.75, 3.05) is 13.1 Å². The lowest BCUT2D eigenvalue weighted by molar-refractivity contribution is -0.136. The molecule has 7 heteroatoms. The van der Waals surface area contributed by atoms with Crippen molar-refractivity contribution in [3.8, 4) is 0 Å². The molecule has 3 fully saturated rings. The van der Waals surface area contributed by atoms with E-state index in [9.17, 15) is 14.4 Å². The summed E-state index contributed by atoms with van der Waals surface area (Å²) in [5.41, 5.74) is 2.70. The van der Waals surface area contributed by atoms with Crippen LogP contribution in [0.25, 0.3) is 0 Å². The Morgan fingerprint density at radius 2 is 1.96 bits per heavy atom. The van der Waals surface area contributed by atoms with Gasteiger partial charge in [-0.25, -0.2) is 0 Å². The van der Waals surface area contributed by atoms with Crippen LogP contribution >= 0.6 is 0 Å². The maximum absolute atomic E-state index is 13.0. The first kappa shape index (κ1) is 16.0. The fourth-order valence-electron chi connectivity index (χ4n) is 4.79. The zero-order valence-electron chi connectivity index (χ0n) is 14.5. The van der Waals surface area contributed by atoms with Crippen molar-refractivity contribution in [1.82, 2.24) is 20.9 Å². The number of piperidine rings is 2. The first-order chi connectivity index (χ1) is 12.6. The van der Waals surface area contributed by atoms with Crippen LogP contribution in [-0.4, -0.2) is 47.8 Å². The van der Waals surface area contributed by atoms with E-state index in [1.807, 2.05) is 18.2 Å². The van der Waals surface area contributed by atoms with Gasteiger partial charge in [0.15, 0.2) is 0 Å². The number of amides is 3. The van der Waals surface area contributed by atoms with Gasteiger partial charge in [0.2, 0.25) is 11.8 Å². The summed E-state index contributed by atoms with van der Waals surface area (Å²) in [5, 5.41) is 9.33. The standard InChI is InChI=1S/C19H22N4O3/c24-15-5-4-14(18(25)22-15)23-9-11-3-1-2-10(16(11)19(23)26)6-21-17-12-7-20-8-13(12)17/h1-3,12-14,17,20-21H,4-9H2,(H,22,24,25). The van der Waals surface area contributed by atoms with Crippen LogP contribution in [0.15, 0.2) is 18.2 Å². The molecule has 3 heterocycles. The Balaban J connectivity index is 1.32. The van der Waals surface area contributed by atoms with Crippen molar-refractivity contribution < 1.29 is 14.4 Å². The molecule has 1 aromatic carbocycles. The van der Waals surface area contributed by atoms with Crippen LogP contribution in [0.1, 0.15) is 34.3 Å². The average molecular weight is 354 g/mol. The van der Waals surface area contributed by atoms with Crippen molar-refractivity contribution in [1.29, 1.82) is 0 Å². The highest BCUT2D eigenvalue weighted by molar-refractivity contribution is 6.05. The number of rotatable bonds is 4. The fraction of sp³-hybridized carbons (Fsp3) is 0.526. The maximum atomic E-state index is 13.0. The van der Waals surface area contributed by atoms with Crippen molar-refractivity contribution in [3.05, 3.63) is 34.9 Å². The summed E-state index contributed by atoms with van der Waals surface area (Å²) in [6, 6.07) is 5.93. The second kappa shape index (κ2) is 5.89. The Morgan fingerprint density at radius 1 is 1.15 bits per heavy atom. The van der Waals surface area contributed by atoms with Crippen LogP contribution in [0.4, 0.5) is 0 Å². The summed E-state index contributed by atoms with van der Waals surface area (Å²) >= 11 is 0. The van der Waals surface area contributed by atoms with Gasteiger partial charge in [-0.2, -0.15) is 0 Å². The largest absolute Gasteiger partial charge is 0.322 e. The topological polar surface area (TPSA) is 90.5 Å². The minimum Gasteiger partial charge on any atom is -0.322 e. The van der Waals surface area contributed by atoms with Crippen LogP contribution in [0, 0.1) is 11.8 Å². The van der Waals surface area contributed by atoms with Gasteiger partial charge in [0.1, 0.15) is 6.04 Å². The smallest absolute Gasteiger partial charge is 0.255 e. The van der Waals surface area contributed by atoms with E-state index in [2.05, 4.69) is 16.0 Å². The summed E-state index contributed by atoms with van der Waals surface area (Å²) < 4.78 is 0. The molecule has 0 spiro atoms. The van der Waals surface area contributed by atoms with E-state index in [4.69, 9.17) is 0 Å². The highest BCUT2D eigenvalue weighted by atomic mass is 16.2. The van der Waals surface area contributed by atoms with Crippen LogP contribution in [-0.2, 0) is 22.7 Å². The lowest BCUT2D eigenvalue weighted by Crippen LogP contribution is -2.52. The molecule has 1 aromatic rings. The molecule has 0 bridgehead atoms. The normalized spacial score (nSPS) is 32.5. The Morgan fingerprint density at radius 3 is 2.73 bits per heavy atom. The van der Waals surface area contributed by atoms with Crippen molar-refractivity contribution in [3.63, 3.8) is 0 Å². The molecule has 3 amide bonds. The number of benzene rings is 1. The Kier molecular flexibility index (Phi) is 3.62. The van der Waals surface area contributed by atoms with Gasteiger partial charge in [0.05, 0.1) is 0 Å². The van der Waals surface area contributed by atoms with Crippen molar-refractivity contribution >= 4 is 17.7 Å². The highest BCUT2D eigenvalue weighted by Crippen LogP contribution is 2.42. The van der Waals surface area contributed by atoms with E-state index in [-0.39, 0.29) is 24.1 Å². The van der Waals surface area contributed by atoms with Gasteiger partial charge in [-0.3, -0.25) is 19.7 Å². The number of hydrogen-bond acceptors (Lipinski definition) is 5. The summed E-state index contributed by atoms with van der Waals surface area (Å²) in [6.45, 7) is 3.28. The molecular weight excluding hydrogens is 332 g/mol.